The molecule has 0 spiro atoms. The van der Waals surface area contributed by atoms with Crippen LogP contribution in [-0.2, 0) is 9.47 Å². The summed E-state index contributed by atoms with van der Waals surface area (Å²) in [5.74, 6) is 0. The van der Waals surface area contributed by atoms with E-state index in [-0.39, 0.29) is 0 Å². The first-order valence-electron chi connectivity index (χ1n) is 5.07. The van der Waals surface area contributed by atoms with Crippen molar-refractivity contribution >= 4 is 17.3 Å². The lowest BCUT2D eigenvalue weighted by Crippen LogP contribution is -2.39. The van der Waals surface area contributed by atoms with E-state index < -0.39 is 0 Å². The van der Waals surface area contributed by atoms with E-state index in [4.69, 9.17) is 27.4 Å². The van der Waals surface area contributed by atoms with Crippen LogP contribution in [0.25, 0.3) is 0 Å². The van der Waals surface area contributed by atoms with Gasteiger partial charge in [-0.3, -0.25) is 0 Å². The van der Waals surface area contributed by atoms with Gasteiger partial charge in [0, 0.05) is 6.61 Å². The number of ether oxygens (including phenoxy) is 2. The van der Waals surface area contributed by atoms with E-state index in [1.54, 1.807) is 4.90 Å². The third kappa shape index (κ3) is 8.20. The lowest BCUT2D eigenvalue weighted by Gasteiger charge is -2.22. The molecule has 0 fully saturated rings. The van der Waals surface area contributed by atoms with Crippen LogP contribution in [0.3, 0.4) is 0 Å². The second-order valence-corrected chi connectivity index (χ2v) is 3.45. The Kier molecular flexibility index (Phi) is 9.21. The Hall–Kier alpha value is -0.810. The molecule has 2 N–H and O–H groups in total. The molecule has 0 heterocycles. The van der Waals surface area contributed by atoms with Gasteiger partial charge in [-0.05, 0) is 18.6 Å². The summed E-state index contributed by atoms with van der Waals surface area (Å²) in [6.45, 7) is 7.86. The van der Waals surface area contributed by atoms with Crippen molar-refractivity contribution in [2.24, 2.45) is 5.73 Å². The molecule has 0 aliphatic rings. The smallest absolute Gasteiger partial charge is 0.168 e. The van der Waals surface area contributed by atoms with E-state index >= 15 is 0 Å². The van der Waals surface area contributed by atoms with Gasteiger partial charge in [0.05, 0.1) is 12.8 Å². The van der Waals surface area contributed by atoms with Gasteiger partial charge in [0.25, 0.3) is 0 Å². The van der Waals surface area contributed by atoms with E-state index in [1.807, 2.05) is 0 Å². The third-order valence-corrected chi connectivity index (χ3v) is 2.06. The number of nitrogens with two attached hydrogens (primary N) is 1. The van der Waals surface area contributed by atoms with Crippen molar-refractivity contribution in [3.63, 3.8) is 0 Å². The van der Waals surface area contributed by atoms with Gasteiger partial charge >= 0.3 is 0 Å². The molecule has 0 saturated heterocycles. The molecule has 0 aromatic carbocycles. The summed E-state index contributed by atoms with van der Waals surface area (Å²) < 4.78 is 10.4. The lowest BCUT2D eigenvalue weighted by atomic mass is 10.4. The Morgan fingerprint density at radius 2 is 2.27 bits per heavy atom. The number of rotatable bonds is 9. The topological polar surface area (TPSA) is 47.7 Å². The maximum atomic E-state index is 5.53. The minimum absolute atomic E-state index is 0.333. The predicted molar refractivity (Wildman–Crippen MR) is 65.4 cm³/mol. The Morgan fingerprint density at radius 1 is 1.53 bits per heavy atom. The summed E-state index contributed by atoms with van der Waals surface area (Å²) in [7, 11) is 0. The maximum absolute atomic E-state index is 5.53. The summed E-state index contributed by atoms with van der Waals surface area (Å²) in [6.07, 6.45) is 3.57. The van der Waals surface area contributed by atoms with Crippen LogP contribution < -0.4 is 5.73 Å². The fraction of sp³-hybridized carbons (Fsp3) is 0.700. The van der Waals surface area contributed by atoms with Gasteiger partial charge < -0.3 is 20.1 Å². The molecule has 0 bridgehead atoms. The van der Waals surface area contributed by atoms with Crippen molar-refractivity contribution in [1.29, 1.82) is 0 Å². The van der Waals surface area contributed by atoms with Crippen LogP contribution >= 0.6 is 12.2 Å². The molecular weight excluding hydrogens is 212 g/mol. The quantitative estimate of drug-likeness (QED) is 0.282. The number of hydrogen-bond donors (Lipinski definition) is 1. The molecule has 0 amide bonds. The summed E-state index contributed by atoms with van der Waals surface area (Å²) in [4.78, 5) is 1.76. The monoisotopic (exact) mass is 232 g/mol. The van der Waals surface area contributed by atoms with Crippen molar-refractivity contribution < 1.29 is 9.47 Å². The van der Waals surface area contributed by atoms with Crippen molar-refractivity contribution in [2.75, 3.05) is 26.5 Å². The molecule has 0 atom stereocenters. The molecule has 0 aliphatic carbocycles. The van der Waals surface area contributed by atoms with Crippen LogP contribution in [-0.4, -0.2) is 36.5 Å². The standard InChI is InChI=1S/C10H20N2O2S/c1-3-5-7-14-9-12(10(11)15)6-8-13-4-2/h4H,2-3,5-9H2,1H3,(H2,11,15). The summed E-state index contributed by atoms with van der Waals surface area (Å²) in [5.41, 5.74) is 5.53. The molecule has 5 heteroatoms. The minimum Gasteiger partial charge on any atom is -0.500 e. The maximum Gasteiger partial charge on any atom is 0.168 e. The average Bonchev–Trinajstić information content (AvgIpc) is 2.21. The van der Waals surface area contributed by atoms with Gasteiger partial charge in [-0.25, -0.2) is 0 Å². The highest BCUT2D eigenvalue weighted by Crippen LogP contribution is 1.93. The zero-order valence-electron chi connectivity index (χ0n) is 9.28. The van der Waals surface area contributed by atoms with Gasteiger partial charge in [-0.15, -0.1) is 0 Å². The van der Waals surface area contributed by atoms with Crippen LogP contribution in [0.2, 0.25) is 0 Å². The average molecular weight is 232 g/mol. The van der Waals surface area contributed by atoms with Crippen molar-refractivity contribution in [1.82, 2.24) is 4.90 Å². The minimum atomic E-state index is 0.333. The number of unbranched alkanes of at least 4 members (excludes halogenated alkanes) is 1. The Balaban J connectivity index is 3.63. The first kappa shape index (κ1) is 14.2. The van der Waals surface area contributed by atoms with Gasteiger partial charge in [-0.1, -0.05) is 19.9 Å². The molecule has 0 rings (SSSR count). The SMILES string of the molecule is C=COCCN(COCCCC)C(N)=S. The first-order chi connectivity index (χ1) is 7.22. The molecule has 0 aliphatic heterocycles. The largest absolute Gasteiger partial charge is 0.500 e. The van der Waals surface area contributed by atoms with E-state index in [0.717, 1.165) is 19.4 Å². The number of hydrogen-bond acceptors (Lipinski definition) is 3. The van der Waals surface area contributed by atoms with Gasteiger partial charge in [0.2, 0.25) is 0 Å². The van der Waals surface area contributed by atoms with Crippen LogP contribution in [0.15, 0.2) is 12.8 Å². The summed E-state index contributed by atoms with van der Waals surface area (Å²) >= 11 is 4.89. The molecule has 0 unspecified atom stereocenters. The van der Waals surface area contributed by atoms with E-state index in [2.05, 4.69) is 13.5 Å². The summed E-state index contributed by atoms with van der Waals surface area (Å²) in [6, 6.07) is 0. The van der Waals surface area contributed by atoms with Crippen molar-refractivity contribution in [2.45, 2.75) is 19.8 Å². The van der Waals surface area contributed by atoms with Crippen LogP contribution in [0.5, 0.6) is 0 Å². The molecule has 0 aromatic rings. The Labute approximate surface area is 97.0 Å². The third-order valence-electron chi connectivity index (χ3n) is 1.80. The highest BCUT2D eigenvalue weighted by Gasteiger charge is 2.05. The van der Waals surface area contributed by atoms with E-state index in [9.17, 15) is 0 Å². The molecule has 0 aromatic heterocycles. The molecule has 0 saturated carbocycles. The van der Waals surface area contributed by atoms with E-state index in [1.165, 1.54) is 6.26 Å². The predicted octanol–water partition coefficient (Wildman–Crippen LogP) is 1.47. The first-order valence-corrected chi connectivity index (χ1v) is 5.47. The Bertz CT molecular complexity index is 188. The molecule has 4 nitrogen and oxygen atoms in total. The highest BCUT2D eigenvalue weighted by atomic mass is 32.1. The van der Waals surface area contributed by atoms with Crippen LogP contribution in [0, 0.1) is 0 Å². The van der Waals surface area contributed by atoms with Crippen molar-refractivity contribution in [3.8, 4) is 0 Å². The fourth-order valence-electron chi connectivity index (χ4n) is 0.906. The zero-order valence-corrected chi connectivity index (χ0v) is 10.1. The number of nitrogens with zero attached hydrogens (tertiary/aromatic N) is 1. The molecule has 0 radical (unpaired) electrons. The highest BCUT2D eigenvalue weighted by molar-refractivity contribution is 7.80. The lowest BCUT2D eigenvalue weighted by molar-refractivity contribution is 0.0549. The summed E-state index contributed by atoms with van der Waals surface area (Å²) in [5, 5.41) is 0.333. The van der Waals surface area contributed by atoms with Crippen LogP contribution in [0.4, 0.5) is 0 Å². The van der Waals surface area contributed by atoms with Crippen molar-refractivity contribution in [3.05, 3.63) is 12.8 Å². The molecule has 88 valence electrons. The number of thiocarbonyl (C=S) groups is 1. The van der Waals surface area contributed by atoms with Crippen LogP contribution in [0.1, 0.15) is 19.8 Å². The molecular formula is C10H20N2O2S. The van der Waals surface area contributed by atoms with Gasteiger partial charge in [-0.2, -0.15) is 0 Å². The van der Waals surface area contributed by atoms with Gasteiger partial charge in [0.1, 0.15) is 13.3 Å². The second-order valence-electron chi connectivity index (χ2n) is 3.03. The fourth-order valence-corrected chi connectivity index (χ4v) is 1.05. The van der Waals surface area contributed by atoms with Gasteiger partial charge in [0.15, 0.2) is 5.11 Å². The molecule has 15 heavy (non-hydrogen) atoms. The normalized spacial score (nSPS) is 9.67. The Morgan fingerprint density at radius 3 is 2.80 bits per heavy atom. The second kappa shape index (κ2) is 9.73. The van der Waals surface area contributed by atoms with E-state index in [0.29, 0.717) is 25.0 Å². The zero-order chi connectivity index (χ0) is 11.5.